The Bertz CT molecular complexity index is 670. The van der Waals surface area contributed by atoms with Crippen LogP contribution in [0.1, 0.15) is 36.1 Å². The van der Waals surface area contributed by atoms with Crippen molar-refractivity contribution in [1.82, 2.24) is 5.32 Å². The molecule has 0 radical (unpaired) electrons. The van der Waals surface area contributed by atoms with Gasteiger partial charge in [0.15, 0.2) is 5.11 Å². The van der Waals surface area contributed by atoms with Crippen molar-refractivity contribution in [3.8, 4) is 0 Å². The standard InChI is InChI=1S/C18H21FN2S/c1-4-17(14-9-8-12(2)13(3)10-14)21-18(22)20-16-7-5-6-15(19)11-16/h5-11,17H,4H2,1-3H3,(H2,20,21,22)/t17-/m1/s1. The number of hydrogen-bond donors (Lipinski definition) is 2. The van der Waals surface area contributed by atoms with Crippen molar-refractivity contribution >= 4 is 23.0 Å². The minimum Gasteiger partial charge on any atom is -0.356 e. The van der Waals surface area contributed by atoms with Gasteiger partial charge in [0.1, 0.15) is 5.82 Å². The normalized spacial score (nSPS) is 11.8. The second-order valence-electron chi connectivity index (χ2n) is 5.41. The van der Waals surface area contributed by atoms with Gasteiger partial charge in [-0.1, -0.05) is 31.2 Å². The first-order valence-corrected chi connectivity index (χ1v) is 7.80. The summed E-state index contributed by atoms with van der Waals surface area (Å²) in [5.74, 6) is -0.283. The lowest BCUT2D eigenvalue weighted by molar-refractivity contribution is 0.626. The Labute approximate surface area is 136 Å². The molecule has 116 valence electrons. The lowest BCUT2D eigenvalue weighted by atomic mass is 9.99. The molecule has 22 heavy (non-hydrogen) atoms. The quantitative estimate of drug-likeness (QED) is 0.786. The fraction of sp³-hybridized carbons (Fsp3) is 0.278. The van der Waals surface area contributed by atoms with E-state index in [4.69, 9.17) is 12.2 Å². The van der Waals surface area contributed by atoms with Gasteiger partial charge < -0.3 is 10.6 Å². The van der Waals surface area contributed by atoms with E-state index in [1.807, 2.05) is 0 Å². The number of rotatable bonds is 4. The molecule has 0 bridgehead atoms. The summed E-state index contributed by atoms with van der Waals surface area (Å²) in [5, 5.41) is 6.82. The molecule has 1 atom stereocenters. The van der Waals surface area contributed by atoms with Crippen molar-refractivity contribution in [2.75, 3.05) is 5.32 Å². The second kappa shape index (κ2) is 7.36. The molecule has 0 saturated heterocycles. The Kier molecular flexibility index (Phi) is 5.50. The smallest absolute Gasteiger partial charge is 0.171 e. The molecule has 0 saturated carbocycles. The molecular formula is C18H21FN2S. The van der Waals surface area contributed by atoms with Crippen molar-refractivity contribution in [3.05, 3.63) is 65.0 Å². The highest BCUT2D eigenvalue weighted by Crippen LogP contribution is 2.20. The largest absolute Gasteiger partial charge is 0.356 e. The minimum atomic E-state index is -0.283. The number of halogens is 1. The number of nitrogens with one attached hydrogen (secondary N) is 2. The molecular weight excluding hydrogens is 295 g/mol. The van der Waals surface area contributed by atoms with Crippen molar-refractivity contribution < 1.29 is 4.39 Å². The van der Waals surface area contributed by atoms with Crippen LogP contribution in [0.2, 0.25) is 0 Å². The van der Waals surface area contributed by atoms with Crippen LogP contribution in [0.4, 0.5) is 10.1 Å². The molecule has 2 rings (SSSR count). The van der Waals surface area contributed by atoms with E-state index in [9.17, 15) is 4.39 Å². The van der Waals surface area contributed by atoms with Gasteiger partial charge in [-0.25, -0.2) is 4.39 Å². The molecule has 0 aliphatic rings. The molecule has 2 N–H and O–H groups in total. The lowest BCUT2D eigenvalue weighted by Gasteiger charge is -2.21. The summed E-state index contributed by atoms with van der Waals surface area (Å²) in [5.41, 5.74) is 4.39. The van der Waals surface area contributed by atoms with E-state index in [0.717, 1.165) is 6.42 Å². The SMILES string of the molecule is CC[C@@H](NC(=S)Nc1cccc(F)c1)c1ccc(C)c(C)c1. The maximum atomic E-state index is 13.2. The predicted octanol–water partition coefficient (Wildman–Crippen LogP) is 4.88. The number of hydrogen-bond acceptors (Lipinski definition) is 1. The predicted molar refractivity (Wildman–Crippen MR) is 94.7 cm³/mol. The summed E-state index contributed by atoms with van der Waals surface area (Å²) < 4.78 is 13.2. The maximum Gasteiger partial charge on any atom is 0.171 e. The van der Waals surface area contributed by atoms with Gasteiger partial charge in [0.05, 0.1) is 6.04 Å². The van der Waals surface area contributed by atoms with Crippen LogP contribution in [0, 0.1) is 19.7 Å². The first kappa shape index (κ1) is 16.4. The summed E-state index contributed by atoms with van der Waals surface area (Å²) in [6.07, 6.45) is 0.910. The van der Waals surface area contributed by atoms with Gasteiger partial charge in [-0.05, 0) is 67.4 Å². The maximum absolute atomic E-state index is 13.2. The molecule has 2 aromatic rings. The monoisotopic (exact) mass is 316 g/mol. The number of aryl methyl sites for hydroxylation is 2. The molecule has 2 aromatic carbocycles. The van der Waals surface area contributed by atoms with Crippen molar-refractivity contribution in [1.29, 1.82) is 0 Å². The summed E-state index contributed by atoms with van der Waals surface area (Å²) in [6, 6.07) is 12.8. The zero-order valence-electron chi connectivity index (χ0n) is 13.1. The Hall–Kier alpha value is -1.94. The van der Waals surface area contributed by atoms with E-state index in [2.05, 4.69) is 49.6 Å². The van der Waals surface area contributed by atoms with E-state index in [-0.39, 0.29) is 11.9 Å². The number of benzene rings is 2. The van der Waals surface area contributed by atoms with E-state index >= 15 is 0 Å². The van der Waals surface area contributed by atoms with Crippen LogP contribution in [0.25, 0.3) is 0 Å². The molecule has 0 aromatic heterocycles. The first-order valence-electron chi connectivity index (χ1n) is 7.40. The Morgan fingerprint density at radius 1 is 1.14 bits per heavy atom. The van der Waals surface area contributed by atoms with Crippen LogP contribution in [-0.2, 0) is 0 Å². The van der Waals surface area contributed by atoms with Crippen LogP contribution < -0.4 is 10.6 Å². The molecule has 4 heteroatoms. The summed E-state index contributed by atoms with van der Waals surface area (Å²) >= 11 is 5.34. The van der Waals surface area contributed by atoms with Crippen molar-refractivity contribution in [2.45, 2.75) is 33.2 Å². The molecule has 0 unspecified atom stereocenters. The fourth-order valence-electron chi connectivity index (χ4n) is 2.29. The van der Waals surface area contributed by atoms with Crippen LogP contribution in [0.5, 0.6) is 0 Å². The highest BCUT2D eigenvalue weighted by atomic mass is 32.1. The van der Waals surface area contributed by atoms with Gasteiger partial charge >= 0.3 is 0 Å². The van der Waals surface area contributed by atoms with Gasteiger partial charge in [-0.15, -0.1) is 0 Å². The third-order valence-corrected chi connectivity index (χ3v) is 3.95. The summed E-state index contributed by atoms with van der Waals surface area (Å²) in [7, 11) is 0. The number of anilines is 1. The topological polar surface area (TPSA) is 24.1 Å². The molecule has 2 nitrogen and oxygen atoms in total. The molecule has 0 aliphatic carbocycles. The average Bonchev–Trinajstić information content (AvgIpc) is 2.48. The van der Waals surface area contributed by atoms with Gasteiger partial charge in [-0.3, -0.25) is 0 Å². The van der Waals surface area contributed by atoms with Crippen molar-refractivity contribution in [3.63, 3.8) is 0 Å². The second-order valence-corrected chi connectivity index (χ2v) is 5.82. The third kappa shape index (κ3) is 4.28. The zero-order chi connectivity index (χ0) is 16.1. The van der Waals surface area contributed by atoms with Crippen molar-refractivity contribution in [2.24, 2.45) is 0 Å². The molecule has 0 heterocycles. The van der Waals surface area contributed by atoms with Gasteiger partial charge in [0.25, 0.3) is 0 Å². The van der Waals surface area contributed by atoms with E-state index < -0.39 is 0 Å². The van der Waals surface area contributed by atoms with E-state index in [1.54, 1.807) is 12.1 Å². The minimum absolute atomic E-state index is 0.132. The van der Waals surface area contributed by atoms with Gasteiger partial charge in [0, 0.05) is 5.69 Å². The Balaban J connectivity index is 2.06. The van der Waals surface area contributed by atoms with Crippen LogP contribution >= 0.6 is 12.2 Å². The van der Waals surface area contributed by atoms with E-state index in [0.29, 0.717) is 10.8 Å². The molecule has 0 amide bonds. The van der Waals surface area contributed by atoms with Gasteiger partial charge in [0.2, 0.25) is 0 Å². The van der Waals surface area contributed by atoms with Gasteiger partial charge in [-0.2, -0.15) is 0 Å². The average molecular weight is 316 g/mol. The first-order chi connectivity index (χ1) is 10.5. The van der Waals surface area contributed by atoms with E-state index in [1.165, 1.54) is 28.8 Å². The zero-order valence-corrected chi connectivity index (χ0v) is 13.9. The van der Waals surface area contributed by atoms with Crippen LogP contribution in [-0.4, -0.2) is 5.11 Å². The highest BCUT2D eigenvalue weighted by molar-refractivity contribution is 7.80. The van der Waals surface area contributed by atoms with Crippen LogP contribution in [0.15, 0.2) is 42.5 Å². The fourth-order valence-corrected chi connectivity index (χ4v) is 2.55. The third-order valence-electron chi connectivity index (χ3n) is 3.73. The summed E-state index contributed by atoms with van der Waals surface area (Å²) in [6.45, 7) is 6.32. The van der Waals surface area contributed by atoms with Crippen LogP contribution in [0.3, 0.4) is 0 Å². The molecule has 0 aliphatic heterocycles. The number of thiocarbonyl (C=S) groups is 1. The molecule has 0 fully saturated rings. The Morgan fingerprint density at radius 3 is 2.55 bits per heavy atom. The molecule has 0 spiro atoms. The Morgan fingerprint density at radius 2 is 1.91 bits per heavy atom. The summed E-state index contributed by atoms with van der Waals surface area (Å²) in [4.78, 5) is 0. The lowest BCUT2D eigenvalue weighted by Crippen LogP contribution is -2.32. The highest BCUT2D eigenvalue weighted by Gasteiger charge is 2.11.